The third kappa shape index (κ3) is 3.01. The van der Waals surface area contributed by atoms with Crippen LogP contribution < -0.4 is 10.6 Å². The zero-order valence-electron chi connectivity index (χ0n) is 13.6. The second-order valence-electron chi connectivity index (χ2n) is 5.76. The highest BCUT2D eigenvalue weighted by Crippen LogP contribution is 2.28. The van der Waals surface area contributed by atoms with Gasteiger partial charge in [-0.05, 0) is 12.1 Å². The average Bonchev–Trinajstić information content (AvgIpc) is 3.22. The van der Waals surface area contributed by atoms with E-state index in [1.54, 1.807) is 10.9 Å². The van der Waals surface area contributed by atoms with Gasteiger partial charge in [-0.2, -0.15) is 5.10 Å². The molecule has 0 bridgehead atoms. The van der Waals surface area contributed by atoms with Crippen molar-refractivity contribution in [3.05, 3.63) is 60.7 Å². The lowest BCUT2D eigenvalue weighted by atomic mass is 10.1. The monoisotopic (exact) mass is 335 g/mol. The number of nitrogens with one attached hydrogen (secondary N) is 2. The number of nitrogens with zero attached hydrogens (tertiary/aromatic N) is 5. The largest absolute Gasteiger partial charge is 0.324 e. The minimum Gasteiger partial charge on any atom is -0.319 e. The zero-order valence-corrected chi connectivity index (χ0v) is 13.6. The lowest BCUT2D eigenvalue weighted by molar-refractivity contribution is 0.256. The number of rotatable bonds is 2. The number of hydrogen-bond acceptors (Lipinski definition) is 5. The summed E-state index contributed by atoms with van der Waals surface area (Å²) in [5.74, 6) is 1.09. The second kappa shape index (κ2) is 6.23. The molecular weight excluding hydrogens is 318 g/mol. The van der Waals surface area contributed by atoms with Crippen LogP contribution in [0.3, 0.4) is 0 Å². The minimum atomic E-state index is -0.354. The predicted octanol–water partition coefficient (Wildman–Crippen LogP) is 1.88. The first-order valence-corrected chi connectivity index (χ1v) is 7.90. The van der Waals surface area contributed by atoms with Crippen molar-refractivity contribution < 1.29 is 4.79 Å². The van der Waals surface area contributed by atoms with Crippen LogP contribution in [0.5, 0.6) is 0 Å². The van der Waals surface area contributed by atoms with Gasteiger partial charge in [-0.1, -0.05) is 18.2 Å². The molecule has 1 aromatic carbocycles. The quantitative estimate of drug-likeness (QED) is 0.878. The van der Waals surface area contributed by atoms with E-state index in [1.807, 2.05) is 60.9 Å². The number of aromatic nitrogens is 2. The highest BCUT2D eigenvalue weighted by Gasteiger charge is 2.33. The second-order valence-corrected chi connectivity index (χ2v) is 5.76. The molecule has 2 N–H and O–H groups in total. The van der Waals surface area contributed by atoms with Crippen molar-refractivity contribution >= 4 is 23.4 Å². The first-order valence-electron chi connectivity index (χ1n) is 7.90. The highest BCUT2D eigenvalue weighted by atomic mass is 16.2. The molecule has 2 amide bonds. The van der Waals surface area contributed by atoms with Crippen molar-refractivity contribution in [1.82, 2.24) is 20.0 Å². The van der Waals surface area contributed by atoms with E-state index in [-0.39, 0.29) is 12.1 Å². The summed E-state index contributed by atoms with van der Waals surface area (Å²) in [7, 11) is 1.88. The molecule has 1 unspecified atom stereocenters. The molecule has 25 heavy (non-hydrogen) atoms. The van der Waals surface area contributed by atoms with Gasteiger partial charge in [0.05, 0.1) is 18.8 Å². The standard InChI is InChI=1S/C17H17N7O/c1-23-11-12(9-20-23)14-10-19-16-15(18-7-8-24(14)16)22-17(25)21-13-5-3-2-4-6-13/h2-9,11,14H,10H2,1H3,(H2,18,21,22,25). The number of carbonyl (C=O) groups excluding carboxylic acids is 1. The van der Waals surface area contributed by atoms with E-state index in [9.17, 15) is 4.79 Å². The molecule has 8 heteroatoms. The van der Waals surface area contributed by atoms with Crippen LogP contribution in [0.2, 0.25) is 0 Å². The van der Waals surface area contributed by atoms with Crippen molar-refractivity contribution in [1.29, 1.82) is 0 Å². The van der Waals surface area contributed by atoms with E-state index < -0.39 is 0 Å². The van der Waals surface area contributed by atoms with Gasteiger partial charge in [0, 0.05) is 36.9 Å². The Morgan fingerprint density at radius 1 is 1.24 bits per heavy atom. The van der Waals surface area contributed by atoms with Crippen molar-refractivity contribution in [2.75, 3.05) is 11.9 Å². The van der Waals surface area contributed by atoms with E-state index in [0.717, 1.165) is 5.56 Å². The topological polar surface area (TPSA) is 86.9 Å². The van der Waals surface area contributed by atoms with Gasteiger partial charge in [0.2, 0.25) is 0 Å². The van der Waals surface area contributed by atoms with E-state index in [1.165, 1.54) is 0 Å². The Labute approximate surface area is 144 Å². The molecule has 8 nitrogen and oxygen atoms in total. The number of anilines is 1. The van der Waals surface area contributed by atoms with Crippen LogP contribution in [0.1, 0.15) is 11.6 Å². The molecule has 2 aliphatic heterocycles. The number of fused-ring (bicyclic) bond motifs is 1. The Morgan fingerprint density at radius 2 is 2.08 bits per heavy atom. The number of aryl methyl sites for hydroxylation is 1. The molecule has 1 atom stereocenters. The third-order valence-corrected chi connectivity index (χ3v) is 4.01. The van der Waals surface area contributed by atoms with Crippen LogP contribution in [0.15, 0.2) is 65.1 Å². The number of para-hydroxylation sites is 1. The van der Waals surface area contributed by atoms with Crippen LogP contribution >= 0.6 is 0 Å². The summed E-state index contributed by atoms with van der Waals surface area (Å²) in [5.41, 5.74) is 1.78. The molecule has 1 aromatic heterocycles. The summed E-state index contributed by atoms with van der Waals surface area (Å²) in [6.45, 7) is 0.590. The minimum absolute atomic E-state index is 0.0597. The highest BCUT2D eigenvalue weighted by molar-refractivity contribution is 6.44. The molecule has 0 saturated carbocycles. The van der Waals surface area contributed by atoms with E-state index in [2.05, 4.69) is 25.7 Å². The van der Waals surface area contributed by atoms with Crippen molar-refractivity contribution in [2.24, 2.45) is 17.0 Å². The first-order chi connectivity index (χ1) is 12.2. The van der Waals surface area contributed by atoms with Crippen molar-refractivity contribution in [2.45, 2.75) is 6.04 Å². The average molecular weight is 335 g/mol. The molecule has 4 rings (SSSR count). The van der Waals surface area contributed by atoms with Crippen LogP contribution in [0, 0.1) is 0 Å². The van der Waals surface area contributed by atoms with Crippen LogP contribution in [-0.2, 0) is 7.05 Å². The Kier molecular flexibility index (Phi) is 3.77. The fraction of sp³-hybridized carbons (Fsp3) is 0.176. The number of amidine groups is 2. The lowest BCUT2D eigenvalue weighted by Gasteiger charge is -2.26. The van der Waals surface area contributed by atoms with E-state index in [0.29, 0.717) is 23.9 Å². The van der Waals surface area contributed by atoms with Crippen LogP contribution in [-0.4, -0.2) is 38.9 Å². The first kappa shape index (κ1) is 15.1. The fourth-order valence-corrected chi connectivity index (χ4v) is 2.86. The van der Waals surface area contributed by atoms with Crippen LogP contribution in [0.4, 0.5) is 10.5 Å². The predicted molar refractivity (Wildman–Crippen MR) is 95.3 cm³/mol. The van der Waals surface area contributed by atoms with Crippen LogP contribution in [0.25, 0.3) is 0 Å². The van der Waals surface area contributed by atoms with Crippen molar-refractivity contribution in [3.63, 3.8) is 0 Å². The molecule has 0 radical (unpaired) electrons. The maximum Gasteiger partial charge on any atom is 0.324 e. The van der Waals surface area contributed by atoms with E-state index >= 15 is 0 Å². The molecule has 0 aliphatic carbocycles. The normalized spacial score (nSPS) is 18.4. The maximum absolute atomic E-state index is 12.2. The Morgan fingerprint density at radius 3 is 2.84 bits per heavy atom. The molecule has 2 aromatic rings. The summed E-state index contributed by atoms with van der Waals surface area (Å²) in [6.07, 6.45) is 7.32. The van der Waals surface area contributed by atoms with Crippen molar-refractivity contribution in [3.8, 4) is 0 Å². The number of aliphatic imine (C=N–C) groups is 2. The number of benzene rings is 1. The lowest BCUT2D eigenvalue weighted by Crippen LogP contribution is -2.45. The number of hydrogen-bond donors (Lipinski definition) is 2. The van der Waals surface area contributed by atoms with Gasteiger partial charge in [0.1, 0.15) is 0 Å². The molecule has 126 valence electrons. The summed E-state index contributed by atoms with van der Waals surface area (Å²) in [6, 6.07) is 8.95. The van der Waals surface area contributed by atoms with E-state index in [4.69, 9.17) is 0 Å². The smallest absolute Gasteiger partial charge is 0.319 e. The zero-order chi connectivity index (χ0) is 17.2. The summed E-state index contributed by atoms with van der Waals surface area (Å²) in [5, 5.41) is 9.76. The Bertz CT molecular complexity index is 881. The molecule has 0 spiro atoms. The third-order valence-electron chi connectivity index (χ3n) is 4.01. The Hall–Kier alpha value is -3.42. The van der Waals surface area contributed by atoms with Gasteiger partial charge in [-0.15, -0.1) is 0 Å². The summed E-state index contributed by atoms with van der Waals surface area (Å²) in [4.78, 5) is 23.0. The number of carbonyl (C=O) groups is 1. The Balaban J connectivity index is 1.46. The summed E-state index contributed by atoms with van der Waals surface area (Å²) >= 11 is 0. The van der Waals surface area contributed by atoms with Gasteiger partial charge in [-0.3, -0.25) is 15.0 Å². The SMILES string of the molecule is Cn1cc(C2CN=C3C(NC(=O)Nc4ccccc4)=NC=CN32)cn1. The van der Waals surface area contributed by atoms with Gasteiger partial charge in [0.25, 0.3) is 0 Å². The summed E-state index contributed by atoms with van der Waals surface area (Å²) < 4.78 is 1.77. The maximum atomic E-state index is 12.2. The van der Waals surface area contributed by atoms with Gasteiger partial charge >= 0.3 is 6.03 Å². The number of urea groups is 1. The van der Waals surface area contributed by atoms with Gasteiger partial charge in [0.15, 0.2) is 11.7 Å². The number of amides is 2. The van der Waals surface area contributed by atoms with Gasteiger partial charge < -0.3 is 10.2 Å². The molecule has 2 aliphatic rings. The molecule has 0 saturated heterocycles. The molecule has 0 fully saturated rings. The molecule has 3 heterocycles. The fourth-order valence-electron chi connectivity index (χ4n) is 2.86. The molecular formula is C17H17N7O. The van der Waals surface area contributed by atoms with Gasteiger partial charge in [-0.25, -0.2) is 9.79 Å².